The summed E-state index contributed by atoms with van der Waals surface area (Å²) in [7, 11) is -3.01. The standard InChI is InChI=1S/C6H13NO2S/c1-6(2)4-3-5-7-10(6,8)9/h7H,3-5H2,1-2H3. The van der Waals surface area contributed by atoms with E-state index in [1.165, 1.54) is 0 Å². The minimum Gasteiger partial charge on any atom is -0.215 e. The van der Waals surface area contributed by atoms with E-state index in [0.717, 1.165) is 12.8 Å². The summed E-state index contributed by atoms with van der Waals surface area (Å²) in [5.74, 6) is 0. The molecule has 1 rings (SSSR count). The monoisotopic (exact) mass is 163 g/mol. The summed E-state index contributed by atoms with van der Waals surface area (Å²) in [4.78, 5) is 0. The number of rotatable bonds is 0. The predicted octanol–water partition coefficient (Wildman–Crippen LogP) is 0.478. The number of nitrogens with one attached hydrogen (secondary N) is 1. The molecule has 10 heavy (non-hydrogen) atoms. The molecule has 0 radical (unpaired) electrons. The van der Waals surface area contributed by atoms with E-state index in [2.05, 4.69) is 4.72 Å². The molecule has 1 heterocycles. The lowest BCUT2D eigenvalue weighted by atomic mass is 10.1. The molecule has 60 valence electrons. The van der Waals surface area contributed by atoms with E-state index < -0.39 is 14.8 Å². The van der Waals surface area contributed by atoms with Crippen LogP contribution in [0.25, 0.3) is 0 Å². The molecule has 1 aliphatic heterocycles. The van der Waals surface area contributed by atoms with Crippen LogP contribution < -0.4 is 4.72 Å². The van der Waals surface area contributed by atoms with Gasteiger partial charge in [-0.1, -0.05) is 0 Å². The summed E-state index contributed by atoms with van der Waals surface area (Å²) >= 11 is 0. The van der Waals surface area contributed by atoms with Gasteiger partial charge in [-0.25, -0.2) is 13.1 Å². The zero-order chi connectivity index (χ0) is 7.83. The summed E-state index contributed by atoms with van der Waals surface area (Å²) in [6.45, 7) is 4.12. The van der Waals surface area contributed by atoms with Crippen LogP contribution in [-0.2, 0) is 10.0 Å². The van der Waals surface area contributed by atoms with E-state index in [9.17, 15) is 8.42 Å². The SMILES string of the molecule is CC1(C)CCCNS1(=O)=O. The van der Waals surface area contributed by atoms with Crippen molar-refractivity contribution in [3.63, 3.8) is 0 Å². The Morgan fingerprint density at radius 1 is 1.40 bits per heavy atom. The zero-order valence-corrected chi connectivity index (χ0v) is 7.16. The highest BCUT2D eigenvalue weighted by atomic mass is 32.2. The summed E-state index contributed by atoms with van der Waals surface area (Å²) in [6.07, 6.45) is 1.72. The molecule has 1 aliphatic rings. The lowest BCUT2D eigenvalue weighted by Crippen LogP contribution is -2.46. The van der Waals surface area contributed by atoms with Crippen molar-refractivity contribution in [1.29, 1.82) is 0 Å². The van der Waals surface area contributed by atoms with E-state index in [0.29, 0.717) is 6.54 Å². The summed E-state index contributed by atoms with van der Waals surface area (Å²) in [6, 6.07) is 0. The molecule has 0 amide bonds. The van der Waals surface area contributed by atoms with Crippen molar-refractivity contribution >= 4 is 10.0 Å². The Labute approximate surface area is 61.9 Å². The van der Waals surface area contributed by atoms with Gasteiger partial charge in [-0.05, 0) is 26.7 Å². The van der Waals surface area contributed by atoms with Gasteiger partial charge in [0.1, 0.15) is 0 Å². The molecule has 0 bridgehead atoms. The third-order valence-electron chi connectivity index (χ3n) is 1.98. The lowest BCUT2D eigenvalue weighted by Gasteiger charge is -2.29. The van der Waals surface area contributed by atoms with Gasteiger partial charge in [0.25, 0.3) is 0 Å². The lowest BCUT2D eigenvalue weighted by molar-refractivity contribution is 0.475. The maximum absolute atomic E-state index is 11.2. The fourth-order valence-corrected chi connectivity index (χ4v) is 2.27. The maximum Gasteiger partial charge on any atom is 0.216 e. The molecule has 0 aliphatic carbocycles. The summed E-state index contributed by atoms with van der Waals surface area (Å²) in [5.41, 5.74) is 0. The maximum atomic E-state index is 11.2. The quantitative estimate of drug-likeness (QED) is 0.564. The van der Waals surface area contributed by atoms with Crippen LogP contribution in [0.2, 0.25) is 0 Å². The Hall–Kier alpha value is -0.0900. The first-order chi connectivity index (χ1) is 4.46. The third kappa shape index (κ3) is 1.18. The first-order valence-electron chi connectivity index (χ1n) is 3.45. The van der Waals surface area contributed by atoms with Crippen molar-refractivity contribution in [2.75, 3.05) is 6.54 Å². The van der Waals surface area contributed by atoms with E-state index >= 15 is 0 Å². The topological polar surface area (TPSA) is 46.2 Å². The fourth-order valence-electron chi connectivity index (χ4n) is 1.05. The first-order valence-corrected chi connectivity index (χ1v) is 4.93. The van der Waals surface area contributed by atoms with Crippen molar-refractivity contribution in [2.45, 2.75) is 31.4 Å². The molecular weight excluding hydrogens is 150 g/mol. The Morgan fingerprint density at radius 2 is 2.00 bits per heavy atom. The molecule has 0 aromatic carbocycles. The van der Waals surface area contributed by atoms with Gasteiger partial charge in [-0.2, -0.15) is 0 Å². The molecule has 0 aromatic rings. The second-order valence-corrected chi connectivity index (χ2v) is 5.66. The number of sulfonamides is 1. The minimum absolute atomic E-state index is 0.564. The zero-order valence-electron chi connectivity index (χ0n) is 6.35. The van der Waals surface area contributed by atoms with E-state index in [1.54, 1.807) is 13.8 Å². The van der Waals surface area contributed by atoms with Crippen molar-refractivity contribution in [3.05, 3.63) is 0 Å². The van der Waals surface area contributed by atoms with Gasteiger partial charge in [-0.3, -0.25) is 0 Å². The molecule has 0 atom stereocenters. The highest BCUT2D eigenvalue weighted by Gasteiger charge is 2.36. The molecule has 1 N–H and O–H groups in total. The minimum atomic E-state index is -3.01. The van der Waals surface area contributed by atoms with Crippen LogP contribution in [0.1, 0.15) is 26.7 Å². The number of hydrogen-bond donors (Lipinski definition) is 1. The molecule has 0 saturated carbocycles. The van der Waals surface area contributed by atoms with E-state index in [1.807, 2.05) is 0 Å². The van der Waals surface area contributed by atoms with Crippen molar-refractivity contribution in [1.82, 2.24) is 4.72 Å². The first kappa shape index (κ1) is 8.01. The molecule has 0 unspecified atom stereocenters. The smallest absolute Gasteiger partial charge is 0.215 e. The van der Waals surface area contributed by atoms with Gasteiger partial charge in [0.05, 0.1) is 4.75 Å². The summed E-state index contributed by atoms with van der Waals surface area (Å²) in [5, 5.41) is 0. The fraction of sp³-hybridized carbons (Fsp3) is 1.00. The van der Waals surface area contributed by atoms with E-state index in [-0.39, 0.29) is 0 Å². The highest BCUT2D eigenvalue weighted by molar-refractivity contribution is 7.90. The van der Waals surface area contributed by atoms with Gasteiger partial charge >= 0.3 is 0 Å². The Bertz CT molecular complexity index is 218. The van der Waals surface area contributed by atoms with Crippen LogP contribution in [-0.4, -0.2) is 19.7 Å². The predicted molar refractivity (Wildman–Crippen MR) is 40.2 cm³/mol. The Balaban J connectivity index is 2.92. The highest BCUT2D eigenvalue weighted by Crippen LogP contribution is 2.24. The van der Waals surface area contributed by atoms with Crippen molar-refractivity contribution < 1.29 is 8.42 Å². The van der Waals surface area contributed by atoms with Gasteiger partial charge in [0, 0.05) is 6.54 Å². The molecule has 4 heteroatoms. The van der Waals surface area contributed by atoms with E-state index in [4.69, 9.17) is 0 Å². The average molecular weight is 163 g/mol. The third-order valence-corrected chi connectivity index (χ3v) is 4.22. The van der Waals surface area contributed by atoms with Crippen LogP contribution >= 0.6 is 0 Å². The number of hydrogen-bond acceptors (Lipinski definition) is 2. The van der Waals surface area contributed by atoms with Crippen LogP contribution in [0.4, 0.5) is 0 Å². The van der Waals surface area contributed by atoms with Gasteiger partial charge in [0.15, 0.2) is 0 Å². The van der Waals surface area contributed by atoms with Crippen LogP contribution in [0.5, 0.6) is 0 Å². The molecule has 1 fully saturated rings. The normalized spacial score (nSPS) is 29.8. The summed E-state index contributed by atoms with van der Waals surface area (Å²) < 4.78 is 24.3. The molecule has 3 nitrogen and oxygen atoms in total. The van der Waals surface area contributed by atoms with Gasteiger partial charge < -0.3 is 0 Å². The molecular formula is C6H13NO2S. The Morgan fingerprint density at radius 3 is 2.30 bits per heavy atom. The Kier molecular flexibility index (Phi) is 1.76. The second-order valence-electron chi connectivity index (χ2n) is 3.26. The molecule has 0 aromatic heterocycles. The van der Waals surface area contributed by atoms with Gasteiger partial charge in [-0.15, -0.1) is 0 Å². The average Bonchev–Trinajstić information content (AvgIpc) is 1.77. The van der Waals surface area contributed by atoms with Crippen molar-refractivity contribution in [3.8, 4) is 0 Å². The molecule has 1 saturated heterocycles. The van der Waals surface area contributed by atoms with Crippen molar-refractivity contribution in [2.24, 2.45) is 0 Å². The van der Waals surface area contributed by atoms with Crippen LogP contribution in [0.3, 0.4) is 0 Å². The second kappa shape index (κ2) is 2.20. The van der Waals surface area contributed by atoms with Crippen LogP contribution in [0, 0.1) is 0 Å². The largest absolute Gasteiger partial charge is 0.216 e. The molecule has 0 spiro atoms. The van der Waals surface area contributed by atoms with Crippen LogP contribution in [0.15, 0.2) is 0 Å². The van der Waals surface area contributed by atoms with Gasteiger partial charge in [0.2, 0.25) is 10.0 Å².